The molecule has 2 aromatic heterocycles. The number of nitro groups is 1. The molecular weight excluding hydrogens is 443 g/mol. The fourth-order valence-electron chi connectivity index (χ4n) is 3.19. The van der Waals surface area contributed by atoms with Crippen LogP contribution in [0.2, 0.25) is 0 Å². The lowest BCUT2D eigenvalue weighted by molar-refractivity contribution is -0.388. The van der Waals surface area contributed by atoms with Crippen LogP contribution in [0.25, 0.3) is 22.4 Å². The van der Waals surface area contributed by atoms with E-state index in [4.69, 9.17) is 4.74 Å². The molecule has 4 rings (SSSR count). The lowest BCUT2D eigenvalue weighted by Crippen LogP contribution is -1.98. The maximum Gasteiger partial charge on any atom is 0.301 e. The predicted molar refractivity (Wildman–Crippen MR) is 121 cm³/mol. The molecule has 0 bridgehead atoms. The van der Waals surface area contributed by atoms with Crippen molar-refractivity contribution >= 4 is 17.4 Å². The molecule has 0 saturated carbocycles. The van der Waals surface area contributed by atoms with Gasteiger partial charge >= 0.3 is 5.69 Å². The first-order valence-electron chi connectivity index (χ1n) is 9.63. The van der Waals surface area contributed by atoms with Crippen LogP contribution in [-0.4, -0.2) is 22.0 Å². The van der Waals surface area contributed by atoms with Crippen molar-refractivity contribution < 1.29 is 14.1 Å². The van der Waals surface area contributed by atoms with Crippen LogP contribution in [0.15, 0.2) is 83.0 Å². The number of nitriles is 1. The summed E-state index contributed by atoms with van der Waals surface area (Å²) in [5.74, 6) is 0.213. The van der Waals surface area contributed by atoms with Crippen molar-refractivity contribution in [2.75, 3.05) is 7.11 Å². The van der Waals surface area contributed by atoms with Crippen LogP contribution >= 0.6 is 11.8 Å². The fraction of sp³-hybridized carbons (Fsp3) is 0.0417. The van der Waals surface area contributed by atoms with Gasteiger partial charge in [0.15, 0.2) is 5.03 Å². The third-order valence-electron chi connectivity index (χ3n) is 4.76. The molecule has 162 valence electrons. The Labute approximate surface area is 192 Å². The van der Waals surface area contributed by atoms with E-state index < -0.39 is 10.7 Å². The van der Waals surface area contributed by atoms with E-state index in [1.54, 1.807) is 49.6 Å². The summed E-state index contributed by atoms with van der Waals surface area (Å²) in [7, 11) is 1.56. The first-order valence-corrected chi connectivity index (χ1v) is 10.4. The van der Waals surface area contributed by atoms with Crippen LogP contribution in [0.5, 0.6) is 5.75 Å². The highest BCUT2D eigenvalue weighted by molar-refractivity contribution is 7.99. The quantitative estimate of drug-likeness (QED) is 0.262. The van der Waals surface area contributed by atoms with Crippen LogP contribution in [0, 0.1) is 27.3 Å². The molecule has 2 aromatic carbocycles. The maximum absolute atomic E-state index is 14.0. The zero-order valence-electron chi connectivity index (χ0n) is 17.2. The normalized spacial score (nSPS) is 10.5. The highest BCUT2D eigenvalue weighted by Crippen LogP contribution is 2.39. The number of benzene rings is 2. The molecule has 4 aromatic rings. The Balaban J connectivity index is 1.93. The highest BCUT2D eigenvalue weighted by atomic mass is 32.2. The third kappa shape index (κ3) is 4.66. The standard InChI is InChI=1S/C24H15FN4O3S/c1-32-18-9-7-15(8-10-18)21-13-19(16-4-2-5-17(25)12-16)20(14-26)23(28-21)33-24-22(29(30)31)6-3-11-27-24/h2-13H,1H3. The smallest absolute Gasteiger partial charge is 0.301 e. The Kier molecular flexibility index (Phi) is 6.29. The molecule has 0 N–H and O–H groups in total. The van der Waals surface area contributed by atoms with Crippen LogP contribution < -0.4 is 4.74 Å². The van der Waals surface area contributed by atoms with E-state index in [-0.39, 0.29) is 21.3 Å². The average molecular weight is 458 g/mol. The summed E-state index contributed by atoms with van der Waals surface area (Å²) in [6, 6.07) is 19.7. The predicted octanol–water partition coefficient (Wildman–Crippen LogP) is 5.89. The van der Waals surface area contributed by atoms with Crippen LogP contribution in [0.1, 0.15) is 5.56 Å². The Morgan fingerprint density at radius 1 is 1.06 bits per heavy atom. The van der Waals surface area contributed by atoms with Crippen molar-refractivity contribution in [3.63, 3.8) is 0 Å². The van der Waals surface area contributed by atoms with Gasteiger partial charge in [0.1, 0.15) is 22.7 Å². The molecule has 9 heteroatoms. The summed E-state index contributed by atoms with van der Waals surface area (Å²) in [5, 5.41) is 21.7. The van der Waals surface area contributed by atoms with Crippen LogP contribution in [-0.2, 0) is 0 Å². The van der Waals surface area contributed by atoms with Crippen molar-refractivity contribution in [3.8, 4) is 34.2 Å². The highest BCUT2D eigenvalue weighted by Gasteiger charge is 2.21. The number of nitrogens with zero attached hydrogens (tertiary/aromatic N) is 4. The number of halogens is 1. The molecule has 0 aliphatic carbocycles. The molecule has 7 nitrogen and oxygen atoms in total. The van der Waals surface area contributed by atoms with E-state index in [2.05, 4.69) is 16.0 Å². The van der Waals surface area contributed by atoms with Gasteiger partial charge in [-0.1, -0.05) is 12.1 Å². The van der Waals surface area contributed by atoms with E-state index in [1.807, 2.05) is 0 Å². The monoisotopic (exact) mass is 458 g/mol. The SMILES string of the molecule is COc1ccc(-c2cc(-c3cccc(F)c3)c(C#N)c(Sc3ncccc3[N+](=O)[O-])n2)cc1. The Morgan fingerprint density at radius 2 is 1.85 bits per heavy atom. The van der Waals surface area contributed by atoms with E-state index in [9.17, 15) is 19.8 Å². The maximum atomic E-state index is 14.0. The Hall–Kier alpha value is -4.29. The zero-order valence-corrected chi connectivity index (χ0v) is 18.0. The molecule has 33 heavy (non-hydrogen) atoms. The van der Waals surface area contributed by atoms with Crippen LogP contribution in [0.3, 0.4) is 0 Å². The topological polar surface area (TPSA) is 102 Å². The first kappa shape index (κ1) is 21.9. The van der Waals surface area contributed by atoms with Gasteiger partial charge < -0.3 is 4.74 Å². The van der Waals surface area contributed by atoms with Crippen molar-refractivity contribution in [2.24, 2.45) is 0 Å². The lowest BCUT2D eigenvalue weighted by atomic mass is 9.99. The fourth-order valence-corrected chi connectivity index (χ4v) is 4.13. The van der Waals surface area contributed by atoms with E-state index in [0.717, 1.165) is 17.3 Å². The second-order valence-electron chi connectivity index (χ2n) is 6.77. The Bertz CT molecular complexity index is 1390. The molecule has 2 heterocycles. The largest absolute Gasteiger partial charge is 0.497 e. The number of ether oxygens (including phenoxy) is 1. The minimum Gasteiger partial charge on any atom is -0.497 e. The first-order chi connectivity index (χ1) is 16.0. The van der Waals surface area contributed by atoms with Gasteiger partial charge in [0.05, 0.1) is 23.3 Å². The van der Waals surface area contributed by atoms with Crippen molar-refractivity contribution in [2.45, 2.75) is 10.1 Å². The molecule has 0 fully saturated rings. The number of aromatic nitrogens is 2. The summed E-state index contributed by atoms with van der Waals surface area (Å²) in [5.41, 5.74) is 2.16. The molecule has 0 amide bonds. The summed E-state index contributed by atoms with van der Waals surface area (Å²) in [6.45, 7) is 0. The summed E-state index contributed by atoms with van der Waals surface area (Å²) < 4.78 is 19.2. The van der Waals surface area contributed by atoms with Gasteiger partial charge in [-0.2, -0.15) is 5.26 Å². The number of methoxy groups -OCH3 is 1. The summed E-state index contributed by atoms with van der Waals surface area (Å²) in [4.78, 5) is 19.6. The second kappa shape index (κ2) is 9.46. The molecule has 0 saturated heterocycles. The van der Waals surface area contributed by atoms with Gasteiger partial charge in [-0.15, -0.1) is 0 Å². The lowest BCUT2D eigenvalue weighted by Gasteiger charge is -2.13. The third-order valence-corrected chi connectivity index (χ3v) is 5.76. The molecular formula is C24H15FN4O3S. The molecule has 0 unspecified atom stereocenters. The van der Waals surface area contributed by atoms with Gasteiger partial charge in [0, 0.05) is 23.4 Å². The minimum atomic E-state index is -0.539. The number of hydrogen-bond acceptors (Lipinski definition) is 7. The van der Waals surface area contributed by atoms with E-state index in [1.165, 1.54) is 30.5 Å². The van der Waals surface area contributed by atoms with Crippen molar-refractivity contribution in [3.05, 3.63) is 94.4 Å². The molecule has 0 aliphatic rings. The molecule has 0 spiro atoms. The second-order valence-corrected chi connectivity index (χ2v) is 7.75. The molecule has 0 radical (unpaired) electrons. The van der Waals surface area contributed by atoms with E-state index in [0.29, 0.717) is 22.6 Å². The van der Waals surface area contributed by atoms with E-state index >= 15 is 0 Å². The molecule has 0 aliphatic heterocycles. The average Bonchev–Trinajstić information content (AvgIpc) is 2.84. The number of rotatable bonds is 6. The van der Waals surface area contributed by atoms with Gasteiger partial charge in [-0.3, -0.25) is 10.1 Å². The minimum absolute atomic E-state index is 0.101. The van der Waals surface area contributed by atoms with Gasteiger partial charge in [-0.25, -0.2) is 14.4 Å². The van der Waals surface area contributed by atoms with Crippen LogP contribution in [0.4, 0.5) is 10.1 Å². The van der Waals surface area contributed by atoms with Gasteiger partial charge in [-0.05, 0) is 65.9 Å². The van der Waals surface area contributed by atoms with Gasteiger partial charge in [0.25, 0.3) is 0 Å². The van der Waals surface area contributed by atoms with Gasteiger partial charge in [0.2, 0.25) is 0 Å². The van der Waals surface area contributed by atoms with Crippen molar-refractivity contribution in [1.82, 2.24) is 9.97 Å². The summed E-state index contributed by atoms with van der Waals surface area (Å²) in [6.07, 6.45) is 1.43. The Morgan fingerprint density at radius 3 is 2.52 bits per heavy atom. The molecule has 0 atom stereocenters. The number of pyridine rings is 2. The summed E-state index contributed by atoms with van der Waals surface area (Å²) >= 11 is 0.918. The van der Waals surface area contributed by atoms with Crippen molar-refractivity contribution in [1.29, 1.82) is 5.26 Å². The number of hydrogen-bond donors (Lipinski definition) is 0. The zero-order chi connectivity index (χ0) is 23.4.